The Kier molecular flexibility index (Phi) is 7.50. The quantitative estimate of drug-likeness (QED) is 0.712. The van der Waals surface area contributed by atoms with Crippen molar-refractivity contribution in [1.29, 1.82) is 0 Å². The van der Waals surface area contributed by atoms with E-state index >= 15 is 0 Å². The van der Waals surface area contributed by atoms with E-state index in [-0.39, 0.29) is 18.9 Å². The van der Waals surface area contributed by atoms with Crippen LogP contribution in [0.25, 0.3) is 0 Å². The fourth-order valence-corrected chi connectivity index (χ4v) is 2.28. The van der Waals surface area contributed by atoms with Crippen LogP contribution in [-0.2, 0) is 27.2 Å². The largest absolute Gasteiger partial charge is 0.494 e. The van der Waals surface area contributed by atoms with Crippen molar-refractivity contribution in [2.45, 2.75) is 19.8 Å². The van der Waals surface area contributed by atoms with E-state index in [1.54, 1.807) is 0 Å². The second-order valence-corrected chi connectivity index (χ2v) is 5.50. The Morgan fingerprint density at radius 2 is 1.68 bits per heavy atom. The van der Waals surface area contributed by atoms with E-state index in [0.29, 0.717) is 13.2 Å². The number of rotatable bonds is 9. The fraction of sp³-hybridized carbons (Fsp3) is 0.300. The van der Waals surface area contributed by atoms with E-state index in [1.807, 2.05) is 61.5 Å². The van der Waals surface area contributed by atoms with Crippen molar-refractivity contribution in [2.24, 2.45) is 0 Å². The molecule has 0 aliphatic rings. The Hall–Kier alpha value is -2.82. The van der Waals surface area contributed by atoms with Gasteiger partial charge in [-0.05, 0) is 36.6 Å². The first-order valence-electron chi connectivity index (χ1n) is 8.35. The lowest BCUT2D eigenvalue weighted by Crippen LogP contribution is -2.30. The van der Waals surface area contributed by atoms with Gasteiger partial charge in [-0.1, -0.05) is 42.5 Å². The summed E-state index contributed by atoms with van der Waals surface area (Å²) in [6, 6.07) is 17.1. The summed E-state index contributed by atoms with van der Waals surface area (Å²) < 4.78 is 10.4. The molecule has 0 heterocycles. The van der Waals surface area contributed by atoms with Crippen LogP contribution < -0.4 is 10.1 Å². The molecule has 0 atom stereocenters. The minimum atomic E-state index is -0.428. The van der Waals surface area contributed by atoms with E-state index in [1.165, 1.54) is 0 Å². The summed E-state index contributed by atoms with van der Waals surface area (Å²) in [6.07, 6.45) is 0.871. The third-order valence-electron chi connectivity index (χ3n) is 3.53. The molecule has 132 valence electrons. The van der Waals surface area contributed by atoms with E-state index < -0.39 is 5.97 Å². The zero-order valence-electron chi connectivity index (χ0n) is 14.4. The summed E-state index contributed by atoms with van der Waals surface area (Å²) in [7, 11) is 0. The molecule has 2 rings (SSSR count). The predicted molar refractivity (Wildman–Crippen MR) is 95.4 cm³/mol. The maximum Gasteiger partial charge on any atom is 0.310 e. The highest BCUT2D eigenvalue weighted by atomic mass is 16.5. The highest BCUT2D eigenvalue weighted by Crippen LogP contribution is 2.12. The van der Waals surface area contributed by atoms with Crippen LogP contribution in [0.15, 0.2) is 54.6 Å². The highest BCUT2D eigenvalue weighted by molar-refractivity contribution is 5.81. The number of ether oxygens (including phenoxy) is 2. The maximum absolute atomic E-state index is 11.8. The van der Waals surface area contributed by atoms with Crippen molar-refractivity contribution in [1.82, 2.24) is 5.32 Å². The van der Waals surface area contributed by atoms with Crippen molar-refractivity contribution in [3.63, 3.8) is 0 Å². The molecular weight excluding hydrogens is 318 g/mol. The van der Waals surface area contributed by atoms with Crippen molar-refractivity contribution in [3.05, 3.63) is 65.7 Å². The first kappa shape index (κ1) is 18.5. The Morgan fingerprint density at radius 1 is 0.960 bits per heavy atom. The molecule has 5 heteroatoms. The van der Waals surface area contributed by atoms with Crippen LogP contribution in [0.3, 0.4) is 0 Å². The van der Waals surface area contributed by atoms with Crippen LogP contribution in [-0.4, -0.2) is 31.6 Å². The minimum Gasteiger partial charge on any atom is -0.494 e. The molecule has 0 spiro atoms. The average Bonchev–Trinajstić information content (AvgIpc) is 2.63. The van der Waals surface area contributed by atoms with Crippen LogP contribution in [0.4, 0.5) is 0 Å². The van der Waals surface area contributed by atoms with Crippen molar-refractivity contribution >= 4 is 11.9 Å². The summed E-state index contributed by atoms with van der Waals surface area (Å²) in [6.45, 7) is 2.76. The molecule has 0 fully saturated rings. The van der Waals surface area contributed by atoms with Gasteiger partial charge in [0.2, 0.25) is 0 Å². The third-order valence-corrected chi connectivity index (χ3v) is 3.53. The van der Waals surface area contributed by atoms with Gasteiger partial charge in [-0.2, -0.15) is 0 Å². The molecule has 0 saturated heterocycles. The number of carbonyl (C=O) groups is 2. The Labute approximate surface area is 148 Å². The predicted octanol–water partition coefficient (Wildman–Crippen LogP) is 2.53. The normalized spacial score (nSPS) is 10.1. The van der Waals surface area contributed by atoms with Gasteiger partial charge in [0, 0.05) is 6.54 Å². The molecule has 0 radical (unpaired) electrons. The van der Waals surface area contributed by atoms with Gasteiger partial charge in [0.05, 0.1) is 13.0 Å². The van der Waals surface area contributed by atoms with Crippen LogP contribution in [0, 0.1) is 0 Å². The molecule has 0 bridgehead atoms. The molecule has 0 saturated carbocycles. The second-order valence-electron chi connectivity index (χ2n) is 5.50. The topological polar surface area (TPSA) is 64.6 Å². The number of amides is 1. The van der Waals surface area contributed by atoms with Gasteiger partial charge >= 0.3 is 5.97 Å². The minimum absolute atomic E-state index is 0.129. The molecule has 1 N–H and O–H groups in total. The van der Waals surface area contributed by atoms with Crippen LogP contribution in [0.1, 0.15) is 18.1 Å². The Morgan fingerprint density at radius 3 is 2.36 bits per heavy atom. The fourth-order valence-electron chi connectivity index (χ4n) is 2.28. The summed E-state index contributed by atoms with van der Waals surface area (Å²) in [5.74, 6) is 0.0377. The molecule has 5 nitrogen and oxygen atoms in total. The van der Waals surface area contributed by atoms with Crippen LogP contribution in [0.2, 0.25) is 0 Å². The zero-order valence-corrected chi connectivity index (χ0v) is 14.4. The van der Waals surface area contributed by atoms with Crippen LogP contribution in [0.5, 0.6) is 5.75 Å². The van der Waals surface area contributed by atoms with Crippen LogP contribution >= 0.6 is 0 Å². The van der Waals surface area contributed by atoms with Crippen molar-refractivity contribution in [2.75, 3.05) is 19.8 Å². The van der Waals surface area contributed by atoms with Gasteiger partial charge in [0.15, 0.2) is 6.61 Å². The number of nitrogens with one attached hydrogen (secondary N) is 1. The lowest BCUT2D eigenvalue weighted by atomic mass is 10.1. The lowest BCUT2D eigenvalue weighted by molar-refractivity contribution is -0.147. The van der Waals surface area contributed by atoms with Gasteiger partial charge in [-0.3, -0.25) is 9.59 Å². The zero-order chi connectivity index (χ0) is 17.9. The summed E-state index contributed by atoms with van der Waals surface area (Å²) in [5, 5.41) is 2.74. The molecule has 0 aliphatic carbocycles. The number of carbonyl (C=O) groups excluding carboxylic acids is 2. The van der Waals surface area contributed by atoms with E-state index in [0.717, 1.165) is 23.3 Å². The van der Waals surface area contributed by atoms with Gasteiger partial charge in [-0.25, -0.2) is 0 Å². The Balaban J connectivity index is 1.64. The molecule has 2 aromatic rings. The van der Waals surface area contributed by atoms with Crippen molar-refractivity contribution in [3.8, 4) is 5.75 Å². The van der Waals surface area contributed by atoms with Gasteiger partial charge in [0.1, 0.15) is 5.75 Å². The van der Waals surface area contributed by atoms with Gasteiger partial charge < -0.3 is 14.8 Å². The molecular formula is C20H23NO4. The second kappa shape index (κ2) is 10.1. The SMILES string of the molecule is CCOc1ccc(CC(=O)OCC(=O)NCCc2ccccc2)cc1. The smallest absolute Gasteiger partial charge is 0.310 e. The number of hydrogen-bond donors (Lipinski definition) is 1. The molecule has 0 unspecified atom stereocenters. The van der Waals surface area contributed by atoms with Gasteiger partial charge in [-0.15, -0.1) is 0 Å². The van der Waals surface area contributed by atoms with E-state index in [9.17, 15) is 9.59 Å². The monoisotopic (exact) mass is 341 g/mol. The molecule has 1 amide bonds. The summed E-state index contributed by atoms with van der Waals surface area (Å²) in [4.78, 5) is 23.5. The van der Waals surface area contributed by atoms with Crippen molar-refractivity contribution < 1.29 is 19.1 Å². The Bertz CT molecular complexity index is 668. The average molecular weight is 341 g/mol. The molecule has 0 aliphatic heterocycles. The molecule has 0 aromatic heterocycles. The lowest BCUT2D eigenvalue weighted by Gasteiger charge is -2.07. The standard InChI is InChI=1S/C20H23NO4/c1-2-24-18-10-8-17(9-11-18)14-20(23)25-15-19(22)21-13-12-16-6-4-3-5-7-16/h3-11H,2,12-15H2,1H3,(H,21,22). The molecule has 2 aromatic carbocycles. The summed E-state index contributed by atoms with van der Waals surface area (Å²) >= 11 is 0. The van der Waals surface area contributed by atoms with Gasteiger partial charge in [0.25, 0.3) is 5.91 Å². The van der Waals surface area contributed by atoms with E-state index in [4.69, 9.17) is 9.47 Å². The highest BCUT2D eigenvalue weighted by Gasteiger charge is 2.08. The first-order chi connectivity index (χ1) is 12.2. The number of benzene rings is 2. The molecule has 25 heavy (non-hydrogen) atoms. The summed E-state index contributed by atoms with van der Waals surface area (Å²) in [5.41, 5.74) is 1.97. The van der Waals surface area contributed by atoms with E-state index in [2.05, 4.69) is 5.32 Å². The number of esters is 1. The number of hydrogen-bond acceptors (Lipinski definition) is 4. The maximum atomic E-state index is 11.8. The third kappa shape index (κ3) is 7.08. The first-order valence-corrected chi connectivity index (χ1v) is 8.35.